The van der Waals surface area contributed by atoms with Gasteiger partial charge in [-0.1, -0.05) is 0 Å². The average molecular weight is 261 g/mol. The van der Waals surface area contributed by atoms with Crippen LogP contribution in [0.5, 0.6) is 0 Å². The van der Waals surface area contributed by atoms with Crippen LogP contribution in [-0.4, -0.2) is 5.78 Å². The number of nitrogens with two attached hydrogens (primary N) is 1. The maximum atomic E-state index is 13.8. The summed E-state index contributed by atoms with van der Waals surface area (Å²) in [5.41, 5.74) is 6.93. The molecule has 19 heavy (non-hydrogen) atoms. The van der Waals surface area contributed by atoms with Gasteiger partial charge in [0.2, 0.25) is 0 Å². The maximum Gasteiger partial charge on any atom is 0.196 e. The van der Waals surface area contributed by atoms with Crippen LogP contribution in [0.3, 0.4) is 0 Å². The number of carbonyl (C=O) groups excluding carboxylic acids is 1. The molecule has 0 radical (unpaired) electrons. The number of hydrogen-bond acceptors (Lipinski definition) is 2. The number of rotatable bonds is 2. The molecule has 0 saturated carbocycles. The number of carbonyl (C=O) groups is 1. The molecule has 0 aliphatic rings. The third-order valence-electron chi connectivity index (χ3n) is 2.96. The van der Waals surface area contributed by atoms with Gasteiger partial charge in [0, 0.05) is 11.3 Å². The monoisotopic (exact) mass is 261 g/mol. The highest BCUT2D eigenvalue weighted by Crippen LogP contribution is 2.22. The first-order chi connectivity index (χ1) is 8.90. The number of anilines is 1. The molecule has 2 N–H and O–H groups in total. The molecule has 0 unspecified atom stereocenters. The molecule has 0 spiro atoms. The fraction of sp³-hybridized carbons (Fsp3) is 0.133. The van der Waals surface area contributed by atoms with E-state index in [1.54, 1.807) is 13.8 Å². The molecule has 2 aromatic rings. The summed E-state index contributed by atoms with van der Waals surface area (Å²) in [6, 6.07) is 6.42. The molecule has 0 amide bonds. The Morgan fingerprint density at radius 3 is 2.16 bits per heavy atom. The SMILES string of the molecule is Cc1cc(F)cc(C)c1C(=O)c1ccc(N)cc1F. The lowest BCUT2D eigenvalue weighted by atomic mass is 9.94. The minimum absolute atomic E-state index is 0.0630. The Balaban J connectivity index is 2.56. The van der Waals surface area contributed by atoms with Crippen LogP contribution < -0.4 is 5.73 Å². The van der Waals surface area contributed by atoms with E-state index in [0.717, 1.165) is 6.07 Å². The van der Waals surface area contributed by atoms with Gasteiger partial charge in [0.25, 0.3) is 0 Å². The second kappa shape index (κ2) is 4.80. The fourth-order valence-electron chi connectivity index (χ4n) is 2.12. The molecule has 0 saturated heterocycles. The van der Waals surface area contributed by atoms with Crippen LogP contribution in [0, 0.1) is 25.5 Å². The lowest BCUT2D eigenvalue weighted by Gasteiger charge is -2.10. The van der Waals surface area contributed by atoms with Crippen LogP contribution in [0.1, 0.15) is 27.0 Å². The highest BCUT2D eigenvalue weighted by atomic mass is 19.1. The summed E-state index contributed by atoms with van der Waals surface area (Å²) in [5, 5.41) is 0. The number of ketones is 1. The van der Waals surface area contributed by atoms with Crippen molar-refractivity contribution < 1.29 is 13.6 Å². The summed E-state index contributed by atoms with van der Waals surface area (Å²) in [5.74, 6) is -1.55. The van der Waals surface area contributed by atoms with Gasteiger partial charge in [-0.2, -0.15) is 0 Å². The Bertz CT molecular complexity index is 642. The molecule has 0 heterocycles. The highest BCUT2D eigenvalue weighted by molar-refractivity contribution is 6.11. The first-order valence-electron chi connectivity index (χ1n) is 5.76. The smallest absolute Gasteiger partial charge is 0.196 e. The zero-order chi connectivity index (χ0) is 14.2. The van der Waals surface area contributed by atoms with E-state index in [9.17, 15) is 13.6 Å². The second-order valence-corrected chi connectivity index (χ2v) is 4.48. The van der Waals surface area contributed by atoms with Crippen molar-refractivity contribution in [3.8, 4) is 0 Å². The summed E-state index contributed by atoms with van der Waals surface area (Å²) in [6.45, 7) is 3.25. The maximum absolute atomic E-state index is 13.8. The average Bonchev–Trinajstić information content (AvgIpc) is 2.26. The number of halogens is 2. The van der Waals surface area contributed by atoms with Crippen molar-refractivity contribution in [2.45, 2.75) is 13.8 Å². The van der Waals surface area contributed by atoms with Crippen molar-refractivity contribution in [2.24, 2.45) is 0 Å². The van der Waals surface area contributed by atoms with Gasteiger partial charge in [0.1, 0.15) is 11.6 Å². The van der Waals surface area contributed by atoms with Crippen LogP contribution in [0.2, 0.25) is 0 Å². The quantitative estimate of drug-likeness (QED) is 0.665. The number of benzene rings is 2. The van der Waals surface area contributed by atoms with Crippen LogP contribution >= 0.6 is 0 Å². The number of aryl methyl sites for hydroxylation is 2. The predicted molar refractivity (Wildman–Crippen MR) is 70.1 cm³/mol. The van der Waals surface area contributed by atoms with Crippen molar-refractivity contribution in [3.63, 3.8) is 0 Å². The molecule has 4 heteroatoms. The minimum atomic E-state index is -0.673. The van der Waals surface area contributed by atoms with E-state index >= 15 is 0 Å². The van der Waals surface area contributed by atoms with Crippen LogP contribution in [0.4, 0.5) is 14.5 Å². The molecular formula is C15H13F2NO. The molecule has 0 aliphatic carbocycles. The van der Waals surface area contributed by atoms with E-state index in [2.05, 4.69) is 0 Å². The molecule has 0 bridgehead atoms. The molecule has 0 fully saturated rings. The number of hydrogen-bond donors (Lipinski definition) is 1. The van der Waals surface area contributed by atoms with Gasteiger partial charge >= 0.3 is 0 Å². The van der Waals surface area contributed by atoms with Gasteiger partial charge in [0.05, 0.1) is 5.56 Å². The van der Waals surface area contributed by atoms with Crippen molar-refractivity contribution in [1.82, 2.24) is 0 Å². The van der Waals surface area contributed by atoms with Gasteiger partial charge in [0.15, 0.2) is 5.78 Å². The van der Waals surface area contributed by atoms with Gasteiger partial charge < -0.3 is 5.73 Å². The van der Waals surface area contributed by atoms with Crippen LogP contribution in [-0.2, 0) is 0 Å². The van der Waals surface area contributed by atoms with Crippen LogP contribution in [0.15, 0.2) is 30.3 Å². The van der Waals surface area contributed by atoms with E-state index in [-0.39, 0.29) is 11.3 Å². The van der Waals surface area contributed by atoms with E-state index in [1.807, 2.05) is 0 Å². The van der Waals surface area contributed by atoms with Gasteiger partial charge in [-0.25, -0.2) is 8.78 Å². The normalized spacial score (nSPS) is 10.5. The molecule has 98 valence electrons. The lowest BCUT2D eigenvalue weighted by molar-refractivity contribution is 0.103. The molecule has 0 aromatic heterocycles. The molecule has 2 rings (SSSR count). The van der Waals surface area contributed by atoms with E-state index < -0.39 is 17.4 Å². The lowest BCUT2D eigenvalue weighted by Crippen LogP contribution is -2.09. The summed E-state index contributed by atoms with van der Waals surface area (Å²) >= 11 is 0. The Morgan fingerprint density at radius 1 is 1.05 bits per heavy atom. The molecule has 0 aliphatic heterocycles. The first kappa shape index (κ1) is 13.2. The van der Waals surface area contributed by atoms with E-state index in [4.69, 9.17) is 5.73 Å². The van der Waals surface area contributed by atoms with Gasteiger partial charge in [-0.15, -0.1) is 0 Å². The van der Waals surface area contributed by atoms with Gasteiger partial charge in [-0.05, 0) is 55.3 Å². The highest BCUT2D eigenvalue weighted by Gasteiger charge is 2.18. The summed E-state index contributed by atoms with van der Waals surface area (Å²) in [7, 11) is 0. The molecule has 2 nitrogen and oxygen atoms in total. The minimum Gasteiger partial charge on any atom is -0.399 e. The summed E-state index contributed by atoms with van der Waals surface area (Å²) in [4.78, 5) is 12.3. The topological polar surface area (TPSA) is 43.1 Å². The van der Waals surface area contributed by atoms with Crippen molar-refractivity contribution in [3.05, 3.63) is 64.2 Å². The fourth-order valence-corrected chi connectivity index (χ4v) is 2.12. The summed E-state index contributed by atoms with van der Waals surface area (Å²) in [6.07, 6.45) is 0. The molecule has 2 aromatic carbocycles. The van der Waals surface area contributed by atoms with E-state index in [0.29, 0.717) is 16.7 Å². The zero-order valence-corrected chi connectivity index (χ0v) is 10.6. The van der Waals surface area contributed by atoms with E-state index in [1.165, 1.54) is 24.3 Å². The van der Waals surface area contributed by atoms with Crippen molar-refractivity contribution in [2.75, 3.05) is 5.73 Å². The number of nitrogen functional groups attached to an aromatic ring is 1. The van der Waals surface area contributed by atoms with Crippen molar-refractivity contribution >= 4 is 11.5 Å². The van der Waals surface area contributed by atoms with Crippen molar-refractivity contribution in [1.29, 1.82) is 0 Å². The predicted octanol–water partition coefficient (Wildman–Crippen LogP) is 3.39. The second-order valence-electron chi connectivity index (χ2n) is 4.48. The Labute approximate surface area is 109 Å². The molecule has 0 atom stereocenters. The first-order valence-corrected chi connectivity index (χ1v) is 5.76. The summed E-state index contributed by atoms with van der Waals surface area (Å²) < 4.78 is 27.0. The standard InChI is InChI=1S/C15H13F2NO/c1-8-5-10(16)6-9(2)14(8)15(19)12-4-3-11(18)7-13(12)17/h3-7H,18H2,1-2H3. The molecular weight excluding hydrogens is 248 g/mol. The third-order valence-corrected chi connectivity index (χ3v) is 2.96. The van der Waals surface area contributed by atoms with Gasteiger partial charge in [-0.3, -0.25) is 4.79 Å². The Kier molecular flexibility index (Phi) is 3.34. The zero-order valence-electron chi connectivity index (χ0n) is 10.6. The Morgan fingerprint density at radius 2 is 1.63 bits per heavy atom. The largest absolute Gasteiger partial charge is 0.399 e. The van der Waals surface area contributed by atoms with Crippen LogP contribution in [0.25, 0.3) is 0 Å². The third kappa shape index (κ3) is 2.47. The Hall–Kier alpha value is -2.23.